The topological polar surface area (TPSA) is 66.7 Å². The standard InChI is InChI=1S/C24H23N3O3/c28-24(23-9-5-4-8-20(23)18-19-6-2-1-3-7-19)26-16-14-25(15-17-26)21-10-12-22(13-11-21)27(29)30/h1-13H,14-18H2. The summed E-state index contributed by atoms with van der Waals surface area (Å²) in [5.74, 6) is 0.0601. The lowest BCUT2D eigenvalue weighted by molar-refractivity contribution is -0.384. The van der Waals surface area contributed by atoms with Crippen LogP contribution in [-0.4, -0.2) is 41.9 Å². The third-order valence-corrected chi connectivity index (χ3v) is 5.48. The molecule has 0 bridgehead atoms. The average molecular weight is 401 g/mol. The molecule has 1 aliphatic heterocycles. The maximum Gasteiger partial charge on any atom is 0.269 e. The Bertz CT molecular complexity index is 1030. The van der Waals surface area contributed by atoms with Crippen molar-refractivity contribution in [3.8, 4) is 0 Å². The van der Waals surface area contributed by atoms with E-state index in [9.17, 15) is 14.9 Å². The quantitative estimate of drug-likeness (QED) is 0.476. The summed E-state index contributed by atoms with van der Waals surface area (Å²) >= 11 is 0. The van der Waals surface area contributed by atoms with Gasteiger partial charge in [0.2, 0.25) is 0 Å². The number of nitro benzene ring substituents is 1. The van der Waals surface area contributed by atoms with Crippen LogP contribution in [0.4, 0.5) is 11.4 Å². The first kappa shape index (κ1) is 19.6. The summed E-state index contributed by atoms with van der Waals surface area (Å²) in [6.07, 6.45) is 0.728. The Balaban J connectivity index is 1.43. The van der Waals surface area contributed by atoms with Gasteiger partial charge in [0.15, 0.2) is 0 Å². The second kappa shape index (κ2) is 8.78. The maximum absolute atomic E-state index is 13.2. The van der Waals surface area contributed by atoms with Gasteiger partial charge in [0.1, 0.15) is 0 Å². The molecule has 0 radical (unpaired) electrons. The average Bonchev–Trinajstić information content (AvgIpc) is 2.80. The minimum atomic E-state index is -0.396. The summed E-state index contributed by atoms with van der Waals surface area (Å²) in [5.41, 5.74) is 4.00. The lowest BCUT2D eigenvalue weighted by atomic mass is 9.99. The van der Waals surface area contributed by atoms with Crippen molar-refractivity contribution in [2.45, 2.75) is 6.42 Å². The van der Waals surface area contributed by atoms with Gasteiger partial charge in [0.05, 0.1) is 4.92 Å². The molecule has 0 atom stereocenters. The molecule has 6 nitrogen and oxygen atoms in total. The Labute approximate surface area is 175 Å². The summed E-state index contributed by atoms with van der Waals surface area (Å²) in [4.78, 5) is 27.7. The van der Waals surface area contributed by atoms with Crippen LogP contribution in [0.1, 0.15) is 21.5 Å². The van der Waals surface area contributed by atoms with Crippen molar-refractivity contribution >= 4 is 17.3 Å². The number of non-ortho nitro benzene ring substituents is 1. The first-order valence-corrected chi connectivity index (χ1v) is 10.0. The molecule has 1 saturated heterocycles. The third kappa shape index (κ3) is 4.33. The van der Waals surface area contributed by atoms with E-state index < -0.39 is 4.92 Å². The summed E-state index contributed by atoms with van der Waals surface area (Å²) < 4.78 is 0. The van der Waals surface area contributed by atoms with E-state index in [1.807, 2.05) is 47.4 Å². The van der Waals surface area contributed by atoms with Gasteiger partial charge in [-0.15, -0.1) is 0 Å². The fraction of sp³-hybridized carbons (Fsp3) is 0.208. The van der Waals surface area contributed by atoms with Crippen molar-refractivity contribution in [1.82, 2.24) is 4.90 Å². The zero-order valence-electron chi connectivity index (χ0n) is 16.6. The number of carbonyl (C=O) groups excluding carboxylic acids is 1. The monoisotopic (exact) mass is 401 g/mol. The van der Waals surface area contributed by atoms with Gasteiger partial charge in [-0.25, -0.2) is 0 Å². The lowest BCUT2D eigenvalue weighted by Gasteiger charge is -2.36. The van der Waals surface area contributed by atoms with Gasteiger partial charge in [-0.05, 0) is 35.7 Å². The summed E-state index contributed by atoms with van der Waals surface area (Å²) in [6, 6.07) is 24.6. The first-order valence-electron chi connectivity index (χ1n) is 10.0. The number of carbonyl (C=O) groups is 1. The zero-order valence-corrected chi connectivity index (χ0v) is 16.6. The first-order chi connectivity index (χ1) is 14.6. The number of nitro groups is 1. The molecule has 0 unspecified atom stereocenters. The molecule has 0 spiro atoms. The van der Waals surface area contributed by atoms with Crippen molar-refractivity contribution in [2.75, 3.05) is 31.1 Å². The minimum absolute atomic E-state index is 0.0601. The predicted octanol–water partition coefficient (Wildman–Crippen LogP) is 4.15. The van der Waals surface area contributed by atoms with Gasteiger partial charge >= 0.3 is 0 Å². The Morgan fingerprint density at radius 3 is 2.13 bits per heavy atom. The zero-order chi connectivity index (χ0) is 20.9. The second-order valence-corrected chi connectivity index (χ2v) is 7.37. The van der Waals surface area contributed by atoms with Crippen LogP contribution in [-0.2, 0) is 6.42 Å². The number of piperazine rings is 1. The van der Waals surface area contributed by atoms with E-state index in [-0.39, 0.29) is 11.6 Å². The number of rotatable bonds is 5. The number of hydrogen-bond donors (Lipinski definition) is 0. The fourth-order valence-corrected chi connectivity index (χ4v) is 3.82. The normalized spacial score (nSPS) is 13.9. The summed E-state index contributed by atoms with van der Waals surface area (Å²) in [6.45, 7) is 2.64. The molecule has 3 aromatic carbocycles. The van der Waals surface area contributed by atoms with Crippen LogP contribution < -0.4 is 4.90 Å². The number of anilines is 1. The molecule has 1 aliphatic rings. The highest BCUT2D eigenvalue weighted by Gasteiger charge is 2.24. The third-order valence-electron chi connectivity index (χ3n) is 5.48. The molecule has 0 saturated carbocycles. The SMILES string of the molecule is O=C(c1ccccc1Cc1ccccc1)N1CCN(c2ccc([N+](=O)[O-])cc2)CC1. The molecule has 4 rings (SSSR count). The van der Waals surface area contributed by atoms with Crippen LogP contribution >= 0.6 is 0 Å². The van der Waals surface area contributed by atoms with E-state index >= 15 is 0 Å². The van der Waals surface area contributed by atoms with Gasteiger partial charge < -0.3 is 9.80 Å². The van der Waals surface area contributed by atoms with Crippen LogP contribution in [0.5, 0.6) is 0 Å². The van der Waals surface area contributed by atoms with Crippen molar-refractivity contribution in [1.29, 1.82) is 0 Å². The van der Waals surface area contributed by atoms with Gasteiger partial charge in [0.25, 0.3) is 11.6 Å². The number of nitrogens with zero attached hydrogens (tertiary/aromatic N) is 3. The Morgan fingerprint density at radius 2 is 1.47 bits per heavy atom. The molecule has 1 heterocycles. The molecule has 1 fully saturated rings. The highest BCUT2D eigenvalue weighted by Crippen LogP contribution is 2.22. The van der Waals surface area contributed by atoms with E-state index in [1.54, 1.807) is 12.1 Å². The molecular formula is C24H23N3O3. The van der Waals surface area contributed by atoms with Gasteiger partial charge in [-0.3, -0.25) is 14.9 Å². The molecule has 152 valence electrons. The van der Waals surface area contributed by atoms with Crippen LogP contribution in [0.2, 0.25) is 0 Å². The predicted molar refractivity (Wildman–Crippen MR) is 117 cm³/mol. The molecule has 3 aromatic rings. The highest BCUT2D eigenvalue weighted by molar-refractivity contribution is 5.96. The highest BCUT2D eigenvalue weighted by atomic mass is 16.6. The minimum Gasteiger partial charge on any atom is -0.368 e. The van der Waals surface area contributed by atoms with Crippen LogP contribution in [0, 0.1) is 10.1 Å². The van der Waals surface area contributed by atoms with E-state index in [0.29, 0.717) is 26.2 Å². The lowest BCUT2D eigenvalue weighted by Crippen LogP contribution is -2.49. The Kier molecular flexibility index (Phi) is 5.75. The van der Waals surface area contributed by atoms with Crippen molar-refractivity contribution in [3.05, 3.63) is 106 Å². The van der Waals surface area contributed by atoms with Gasteiger partial charge in [-0.2, -0.15) is 0 Å². The van der Waals surface area contributed by atoms with Crippen molar-refractivity contribution in [2.24, 2.45) is 0 Å². The van der Waals surface area contributed by atoms with E-state index in [2.05, 4.69) is 17.0 Å². The Morgan fingerprint density at radius 1 is 0.833 bits per heavy atom. The molecular weight excluding hydrogens is 378 g/mol. The molecule has 6 heteroatoms. The Hall–Kier alpha value is -3.67. The maximum atomic E-state index is 13.2. The second-order valence-electron chi connectivity index (χ2n) is 7.37. The summed E-state index contributed by atoms with van der Waals surface area (Å²) in [7, 11) is 0. The van der Waals surface area contributed by atoms with Crippen LogP contribution in [0.15, 0.2) is 78.9 Å². The number of hydrogen-bond acceptors (Lipinski definition) is 4. The van der Waals surface area contributed by atoms with Crippen molar-refractivity contribution < 1.29 is 9.72 Å². The van der Waals surface area contributed by atoms with Crippen LogP contribution in [0.3, 0.4) is 0 Å². The molecule has 0 N–H and O–H groups in total. The van der Waals surface area contributed by atoms with Crippen LogP contribution in [0.25, 0.3) is 0 Å². The van der Waals surface area contributed by atoms with Gasteiger partial charge in [0, 0.05) is 49.6 Å². The molecule has 1 amide bonds. The van der Waals surface area contributed by atoms with E-state index in [4.69, 9.17) is 0 Å². The molecule has 0 aromatic heterocycles. The van der Waals surface area contributed by atoms with Crippen molar-refractivity contribution in [3.63, 3.8) is 0 Å². The number of amides is 1. The number of benzene rings is 3. The molecule has 0 aliphatic carbocycles. The fourth-order valence-electron chi connectivity index (χ4n) is 3.82. The largest absolute Gasteiger partial charge is 0.368 e. The van der Waals surface area contributed by atoms with Gasteiger partial charge in [-0.1, -0.05) is 48.5 Å². The molecule has 30 heavy (non-hydrogen) atoms. The smallest absolute Gasteiger partial charge is 0.269 e. The van der Waals surface area contributed by atoms with E-state index in [0.717, 1.165) is 23.2 Å². The van der Waals surface area contributed by atoms with E-state index in [1.165, 1.54) is 17.7 Å². The summed E-state index contributed by atoms with van der Waals surface area (Å²) in [5, 5.41) is 10.8.